The Kier molecular flexibility index (Phi) is 36.8. The SMILES string of the molecule is NC(CO)CO.[Ac].[Ac].[N-]=[N+]=NC(CO)CO. The van der Waals surface area contributed by atoms with E-state index >= 15 is 0 Å². The summed E-state index contributed by atoms with van der Waals surface area (Å²) >= 11 is 0. The van der Waals surface area contributed by atoms with Crippen LogP contribution in [0.1, 0.15) is 0 Å². The molecule has 90 valence electrons. The van der Waals surface area contributed by atoms with Gasteiger partial charge in [0.2, 0.25) is 0 Å². The Bertz CT molecular complexity index is 163. The number of nitrogens with zero attached hydrogens (tertiary/aromatic N) is 3. The molecule has 0 rings (SSSR count). The molecule has 0 unspecified atom stereocenters. The number of hydrogen-bond donors (Lipinski definition) is 5. The van der Waals surface area contributed by atoms with Gasteiger partial charge in [-0.15, -0.1) is 0 Å². The molecule has 0 aliphatic heterocycles. The fourth-order valence-electron chi connectivity index (χ4n) is 0.262. The Hall–Kier alpha value is 1.99. The first-order chi connectivity index (χ1) is 6.65. The van der Waals surface area contributed by atoms with Gasteiger partial charge in [-0.25, -0.2) is 0 Å². The normalized spacial score (nSPS) is 8.19. The number of hydrogen-bond acceptors (Lipinski definition) is 6. The summed E-state index contributed by atoms with van der Waals surface area (Å²) < 4.78 is 0. The molecule has 0 spiro atoms. The molecule has 0 aliphatic rings. The van der Waals surface area contributed by atoms with Crippen LogP contribution in [0.15, 0.2) is 5.11 Å². The van der Waals surface area contributed by atoms with E-state index in [0.29, 0.717) is 0 Å². The van der Waals surface area contributed by atoms with Gasteiger partial charge in [0, 0.05) is 93.0 Å². The van der Waals surface area contributed by atoms with Crippen LogP contribution in [0.25, 0.3) is 10.4 Å². The van der Waals surface area contributed by atoms with Crippen LogP contribution in [0.5, 0.6) is 0 Å². The van der Waals surface area contributed by atoms with Gasteiger partial charge < -0.3 is 26.2 Å². The summed E-state index contributed by atoms with van der Waals surface area (Å²) in [6.07, 6.45) is 0. The first-order valence-electron chi connectivity index (χ1n) is 3.89. The van der Waals surface area contributed by atoms with E-state index in [1.807, 2.05) is 0 Å². The van der Waals surface area contributed by atoms with Crippen molar-refractivity contribution in [1.29, 1.82) is 0 Å². The maximum Gasteiger partial charge on any atom is 0.0836 e. The van der Waals surface area contributed by atoms with Gasteiger partial charge in [0.1, 0.15) is 0 Å². The van der Waals surface area contributed by atoms with Crippen molar-refractivity contribution in [1.82, 2.24) is 0 Å². The summed E-state index contributed by atoms with van der Waals surface area (Å²) in [6, 6.07) is -1.13. The van der Waals surface area contributed by atoms with Crippen molar-refractivity contribution < 1.29 is 109 Å². The molecule has 0 saturated heterocycles. The van der Waals surface area contributed by atoms with E-state index in [9.17, 15) is 0 Å². The fourth-order valence-corrected chi connectivity index (χ4v) is 0.262. The second-order valence-electron chi connectivity index (χ2n) is 2.35. The molecule has 0 aromatic rings. The fraction of sp³-hybridized carbons (Fsp3) is 1.00. The molecule has 8 nitrogen and oxygen atoms in total. The summed E-state index contributed by atoms with van der Waals surface area (Å²) in [5.41, 5.74) is 12.7. The van der Waals surface area contributed by atoms with E-state index < -0.39 is 12.1 Å². The molecule has 2 radical (unpaired) electrons. The summed E-state index contributed by atoms with van der Waals surface area (Å²) in [7, 11) is 0. The standard InChI is InChI=1S/C3H7N3O2.C3H9NO2.2Ac/c4-6-5-3(1-7)2-8;4-3(1-5)2-6;;/h3,7-8H,1-2H2;3,5-6H,1-2,4H2;;. The predicted molar refractivity (Wildman–Crippen MR) is 49.3 cm³/mol. The Morgan fingerprint density at radius 1 is 1.00 bits per heavy atom. The molecule has 16 heavy (non-hydrogen) atoms. The first-order valence-corrected chi connectivity index (χ1v) is 3.89. The van der Waals surface area contributed by atoms with Crippen LogP contribution in [0.3, 0.4) is 0 Å². The molecular weight excluding hydrogens is 646 g/mol. The summed E-state index contributed by atoms with van der Waals surface area (Å²) in [4.78, 5) is 2.38. The molecule has 0 atom stereocenters. The molecule has 0 aliphatic carbocycles. The van der Waals surface area contributed by atoms with Crippen LogP contribution < -0.4 is 5.73 Å². The number of rotatable bonds is 5. The molecule has 0 bridgehead atoms. The van der Waals surface area contributed by atoms with Gasteiger partial charge in [-0.3, -0.25) is 0 Å². The molecule has 0 amide bonds. The molecule has 0 saturated carbocycles. The third kappa shape index (κ3) is 21.3. The zero-order valence-electron chi connectivity index (χ0n) is 8.85. The van der Waals surface area contributed by atoms with Crippen LogP contribution >= 0.6 is 0 Å². The zero-order chi connectivity index (χ0) is 11.4. The minimum atomic E-state index is -0.681. The number of azide groups is 1. The van der Waals surface area contributed by atoms with Crippen molar-refractivity contribution in [3.8, 4) is 0 Å². The minimum Gasteiger partial charge on any atom is -0.396 e. The quantitative estimate of drug-likeness (QED) is 0.130. The van der Waals surface area contributed by atoms with Crippen molar-refractivity contribution in [2.75, 3.05) is 26.4 Å². The maximum absolute atomic E-state index is 8.23. The van der Waals surface area contributed by atoms with Gasteiger partial charge in [0.25, 0.3) is 0 Å². The van der Waals surface area contributed by atoms with Crippen molar-refractivity contribution in [3.63, 3.8) is 0 Å². The van der Waals surface area contributed by atoms with Crippen LogP contribution in [-0.4, -0.2) is 58.9 Å². The number of nitrogens with two attached hydrogens (primary N) is 1. The Morgan fingerprint density at radius 2 is 1.38 bits per heavy atom. The van der Waals surface area contributed by atoms with Crippen molar-refractivity contribution in [3.05, 3.63) is 10.4 Å². The molecule has 0 heterocycles. The zero-order valence-corrected chi connectivity index (χ0v) is 18.3. The van der Waals surface area contributed by atoms with E-state index in [1.54, 1.807) is 0 Å². The van der Waals surface area contributed by atoms with Crippen LogP contribution in [0, 0.1) is 88.1 Å². The average Bonchev–Trinajstić information content (AvgIpc) is 2.25. The second kappa shape index (κ2) is 22.2. The summed E-state index contributed by atoms with van der Waals surface area (Å²) in [6.45, 7) is -0.895. The van der Waals surface area contributed by atoms with Gasteiger partial charge in [-0.1, -0.05) is 5.11 Å². The topological polar surface area (TPSA) is 156 Å². The van der Waals surface area contributed by atoms with E-state index in [1.165, 1.54) is 0 Å². The van der Waals surface area contributed by atoms with Crippen LogP contribution in [0.4, 0.5) is 0 Å². The Morgan fingerprint density at radius 3 is 1.44 bits per heavy atom. The van der Waals surface area contributed by atoms with Crippen LogP contribution in [0.2, 0.25) is 0 Å². The largest absolute Gasteiger partial charge is 0.396 e. The van der Waals surface area contributed by atoms with Gasteiger partial charge in [-0.2, -0.15) is 0 Å². The van der Waals surface area contributed by atoms with Crippen molar-refractivity contribution in [2.45, 2.75) is 12.1 Å². The Labute approximate surface area is 165 Å². The smallest absolute Gasteiger partial charge is 0.0836 e. The van der Waals surface area contributed by atoms with Gasteiger partial charge in [-0.05, 0) is 5.53 Å². The van der Waals surface area contributed by atoms with Gasteiger partial charge >= 0.3 is 0 Å². The summed E-state index contributed by atoms with van der Waals surface area (Å²) in [5.74, 6) is 0. The molecule has 0 aromatic heterocycles. The Balaban J connectivity index is -0.0000000825. The van der Waals surface area contributed by atoms with E-state index in [0.717, 1.165) is 0 Å². The number of aliphatic hydroxyl groups excluding tert-OH is 4. The van der Waals surface area contributed by atoms with Crippen LogP contribution in [-0.2, 0) is 0 Å². The third-order valence-corrected chi connectivity index (χ3v) is 1.11. The second-order valence-corrected chi connectivity index (χ2v) is 2.35. The minimum absolute atomic E-state index is 0. The molecule has 0 aromatic carbocycles. The van der Waals surface area contributed by atoms with E-state index in [-0.39, 0.29) is 115 Å². The monoisotopic (exact) mass is 662 g/mol. The van der Waals surface area contributed by atoms with Crippen molar-refractivity contribution in [2.24, 2.45) is 10.8 Å². The molecule has 6 N–H and O–H groups in total. The maximum atomic E-state index is 8.23. The van der Waals surface area contributed by atoms with Gasteiger partial charge in [0.15, 0.2) is 0 Å². The number of aliphatic hydroxyl groups is 4. The summed E-state index contributed by atoms with van der Waals surface area (Å²) in [5, 5.41) is 35.6. The van der Waals surface area contributed by atoms with E-state index in [4.69, 9.17) is 31.7 Å². The van der Waals surface area contributed by atoms with E-state index in [2.05, 4.69) is 10.0 Å². The molecular formula is C6H16Ac2N4O4. The predicted octanol–water partition coefficient (Wildman–Crippen LogP) is -2.05. The third-order valence-electron chi connectivity index (χ3n) is 1.11. The first kappa shape index (κ1) is 26.5. The molecule has 0 fully saturated rings. The average molecular weight is 662 g/mol. The van der Waals surface area contributed by atoms with Crippen molar-refractivity contribution >= 4 is 0 Å². The molecule has 10 heteroatoms. The van der Waals surface area contributed by atoms with Gasteiger partial charge in [0.05, 0.1) is 38.5 Å².